The summed E-state index contributed by atoms with van der Waals surface area (Å²) in [5.74, 6) is 0.828. The average Bonchev–Trinajstić information content (AvgIpc) is 3.44. The molecule has 1 aliphatic heterocycles. The van der Waals surface area contributed by atoms with Gasteiger partial charge in [0, 0.05) is 18.8 Å². The summed E-state index contributed by atoms with van der Waals surface area (Å²) in [4.78, 5) is 22.3. The molecule has 1 aromatic carbocycles. The van der Waals surface area contributed by atoms with Gasteiger partial charge >= 0.3 is 12.1 Å². The second kappa shape index (κ2) is 9.84. The van der Waals surface area contributed by atoms with E-state index in [1.165, 1.54) is 17.9 Å². The highest BCUT2D eigenvalue weighted by Crippen LogP contribution is 2.40. The van der Waals surface area contributed by atoms with Gasteiger partial charge in [0.2, 0.25) is 0 Å². The second-order valence-electron chi connectivity index (χ2n) is 8.49. The van der Waals surface area contributed by atoms with E-state index in [4.69, 9.17) is 9.47 Å². The van der Waals surface area contributed by atoms with Crippen molar-refractivity contribution in [3.05, 3.63) is 54.7 Å². The van der Waals surface area contributed by atoms with Gasteiger partial charge in [0.25, 0.3) is 0 Å². The molecule has 0 bridgehead atoms. The van der Waals surface area contributed by atoms with E-state index in [-0.39, 0.29) is 30.3 Å². The molecule has 2 aromatic heterocycles. The van der Waals surface area contributed by atoms with E-state index in [0.717, 1.165) is 32.2 Å². The number of benzene rings is 1. The number of aromatic nitrogens is 4. The van der Waals surface area contributed by atoms with Gasteiger partial charge in [-0.25, -0.2) is 23.8 Å². The van der Waals surface area contributed by atoms with Crippen molar-refractivity contribution < 1.29 is 18.7 Å². The summed E-state index contributed by atoms with van der Waals surface area (Å²) in [7, 11) is 1.50. The van der Waals surface area contributed by atoms with E-state index >= 15 is 0 Å². The Labute approximate surface area is 202 Å². The number of anilines is 2. The molecule has 1 spiro atoms. The van der Waals surface area contributed by atoms with Gasteiger partial charge in [0.15, 0.2) is 0 Å². The summed E-state index contributed by atoms with van der Waals surface area (Å²) in [5.41, 5.74) is 0.548. The zero-order valence-corrected chi connectivity index (χ0v) is 19.5. The summed E-state index contributed by atoms with van der Waals surface area (Å²) in [5, 5.41) is 7.79. The Bertz CT molecular complexity index is 1130. The number of rotatable bonds is 6. The summed E-state index contributed by atoms with van der Waals surface area (Å²) in [6.45, 7) is 1.25. The molecule has 0 atom stereocenters. The zero-order chi connectivity index (χ0) is 22.8. The van der Waals surface area contributed by atoms with Gasteiger partial charge in [0.1, 0.15) is 22.9 Å². The molecule has 0 radical (unpaired) electrons. The molecule has 5 rings (SSSR count). The quantitative estimate of drug-likeness (QED) is 0.554. The van der Waals surface area contributed by atoms with Crippen molar-refractivity contribution in [1.82, 2.24) is 19.7 Å². The minimum absolute atomic E-state index is 0. The highest BCUT2D eigenvalue weighted by Gasteiger charge is 2.47. The highest BCUT2D eigenvalue weighted by atomic mass is 35.5. The molecule has 2 fully saturated rings. The number of nitrogens with one attached hydrogen (secondary N) is 1. The minimum Gasteiger partial charge on any atom is -0.467 e. The number of hydrogen-bond donors (Lipinski definition) is 1. The number of halogens is 2. The average molecular weight is 489 g/mol. The molecule has 2 aliphatic rings. The summed E-state index contributed by atoms with van der Waals surface area (Å²) in [6.07, 6.45) is 7.97. The first-order valence-electron chi connectivity index (χ1n) is 11.0. The van der Waals surface area contributed by atoms with Crippen molar-refractivity contribution in [1.29, 1.82) is 0 Å². The number of carbonyl (C=O) groups excluding carboxylic acids is 1. The van der Waals surface area contributed by atoms with Gasteiger partial charge < -0.3 is 14.8 Å². The van der Waals surface area contributed by atoms with Gasteiger partial charge in [-0.1, -0.05) is 12.1 Å². The van der Waals surface area contributed by atoms with E-state index in [1.807, 2.05) is 6.07 Å². The standard InChI is InChI=1S/C23H25FN6O3.ClH/c1-32-21-26-13-17(14-27-21)29-15-23(33-22(29)31)9-6-16(7-10-23)12-25-20-8-11-30(28-20)19-5-3-2-4-18(19)24;/h2-5,8,11,13-14,16H,6-7,9-10,12,15H2,1H3,(H,25,28);1H/t16-,23-;. The fraction of sp³-hybridized carbons (Fsp3) is 0.391. The van der Waals surface area contributed by atoms with E-state index in [0.29, 0.717) is 29.7 Å². The number of para-hydroxylation sites is 1. The molecule has 1 aliphatic carbocycles. The molecule has 0 unspecified atom stereocenters. The Kier molecular flexibility index (Phi) is 6.87. The van der Waals surface area contributed by atoms with Crippen LogP contribution in [0, 0.1) is 11.7 Å². The summed E-state index contributed by atoms with van der Waals surface area (Å²) in [6, 6.07) is 8.64. The number of ether oxygens (including phenoxy) is 2. The van der Waals surface area contributed by atoms with E-state index in [2.05, 4.69) is 20.4 Å². The number of hydrogen-bond acceptors (Lipinski definition) is 7. The molecular formula is C23H26ClFN6O3. The Morgan fingerprint density at radius 2 is 1.94 bits per heavy atom. The van der Waals surface area contributed by atoms with Crippen LogP contribution in [0.15, 0.2) is 48.9 Å². The van der Waals surface area contributed by atoms with Crippen molar-refractivity contribution in [2.75, 3.05) is 30.4 Å². The maximum atomic E-state index is 14.0. The van der Waals surface area contributed by atoms with Gasteiger partial charge in [0.05, 0.1) is 31.7 Å². The Morgan fingerprint density at radius 1 is 1.21 bits per heavy atom. The normalized spacial score (nSPS) is 21.8. The smallest absolute Gasteiger partial charge is 0.415 e. The largest absolute Gasteiger partial charge is 0.467 e. The first kappa shape index (κ1) is 23.7. The first-order valence-corrected chi connectivity index (χ1v) is 11.0. The van der Waals surface area contributed by atoms with Crippen LogP contribution in [-0.2, 0) is 4.74 Å². The maximum absolute atomic E-state index is 14.0. The van der Waals surface area contributed by atoms with Crippen LogP contribution in [0.5, 0.6) is 6.01 Å². The summed E-state index contributed by atoms with van der Waals surface area (Å²) >= 11 is 0. The number of methoxy groups -OCH3 is 1. The van der Waals surface area contributed by atoms with Gasteiger partial charge in [-0.3, -0.25) is 4.90 Å². The zero-order valence-electron chi connectivity index (χ0n) is 18.7. The molecule has 11 heteroatoms. The Hall–Kier alpha value is -3.40. The van der Waals surface area contributed by atoms with Gasteiger partial charge in [-0.2, -0.15) is 5.10 Å². The molecule has 3 aromatic rings. The molecule has 1 saturated carbocycles. The Balaban J connectivity index is 0.00000274. The van der Waals surface area contributed by atoms with Crippen LogP contribution >= 0.6 is 12.4 Å². The maximum Gasteiger partial charge on any atom is 0.415 e. The van der Waals surface area contributed by atoms with Gasteiger partial charge in [-0.05, 0) is 43.7 Å². The number of amides is 1. The molecule has 1 amide bonds. The summed E-state index contributed by atoms with van der Waals surface area (Å²) < 4.78 is 26.3. The molecule has 1 saturated heterocycles. The van der Waals surface area contributed by atoms with E-state index in [1.54, 1.807) is 41.7 Å². The highest BCUT2D eigenvalue weighted by molar-refractivity contribution is 5.89. The molecule has 34 heavy (non-hydrogen) atoms. The lowest BCUT2D eigenvalue weighted by molar-refractivity contribution is 0.0148. The molecule has 3 heterocycles. The lowest BCUT2D eigenvalue weighted by Crippen LogP contribution is -2.39. The van der Waals surface area contributed by atoms with E-state index < -0.39 is 5.60 Å². The minimum atomic E-state index is -0.472. The van der Waals surface area contributed by atoms with Gasteiger partial charge in [-0.15, -0.1) is 12.4 Å². The fourth-order valence-corrected chi connectivity index (χ4v) is 4.48. The van der Waals surface area contributed by atoms with E-state index in [9.17, 15) is 9.18 Å². The third kappa shape index (κ3) is 4.77. The van der Waals surface area contributed by atoms with Crippen molar-refractivity contribution in [3.63, 3.8) is 0 Å². The Morgan fingerprint density at radius 3 is 2.65 bits per heavy atom. The topological polar surface area (TPSA) is 94.4 Å². The van der Waals surface area contributed by atoms with Crippen LogP contribution in [0.3, 0.4) is 0 Å². The predicted molar refractivity (Wildman–Crippen MR) is 126 cm³/mol. The second-order valence-corrected chi connectivity index (χ2v) is 8.49. The monoisotopic (exact) mass is 488 g/mol. The van der Waals surface area contributed by atoms with Crippen LogP contribution in [0.2, 0.25) is 0 Å². The van der Waals surface area contributed by atoms with Crippen LogP contribution in [0.4, 0.5) is 20.7 Å². The molecule has 9 nitrogen and oxygen atoms in total. The fourth-order valence-electron chi connectivity index (χ4n) is 4.48. The molecule has 180 valence electrons. The van der Waals surface area contributed by atoms with Crippen molar-refractivity contribution in [2.24, 2.45) is 5.92 Å². The lowest BCUT2D eigenvalue weighted by atomic mass is 9.78. The van der Waals surface area contributed by atoms with Crippen molar-refractivity contribution in [3.8, 4) is 11.7 Å². The number of nitrogens with zero attached hydrogens (tertiary/aromatic N) is 5. The first-order chi connectivity index (χ1) is 16.0. The predicted octanol–water partition coefficient (Wildman–Crippen LogP) is 4.23. The van der Waals surface area contributed by atoms with Crippen molar-refractivity contribution in [2.45, 2.75) is 31.3 Å². The third-order valence-electron chi connectivity index (χ3n) is 6.36. The molecule has 1 N–H and O–H groups in total. The number of carbonyl (C=O) groups is 1. The lowest BCUT2D eigenvalue weighted by Gasteiger charge is -2.35. The van der Waals surface area contributed by atoms with Crippen LogP contribution in [0.25, 0.3) is 5.69 Å². The third-order valence-corrected chi connectivity index (χ3v) is 6.36. The van der Waals surface area contributed by atoms with Crippen LogP contribution in [-0.4, -0.2) is 51.6 Å². The SMILES string of the molecule is COc1ncc(N2C[C@]3(CC[C@@H](CNc4ccn(-c5ccccc5F)n4)CC3)OC2=O)cn1.Cl. The van der Waals surface area contributed by atoms with Crippen molar-refractivity contribution >= 4 is 30.0 Å². The van der Waals surface area contributed by atoms with Crippen LogP contribution < -0.4 is 15.0 Å². The van der Waals surface area contributed by atoms with Crippen LogP contribution in [0.1, 0.15) is 25.7 Å². The molecular weight excluding hydrogens is 463 g/mol.